The molecular weight excluding hydrogens is 558 g/mol. The lowest BCUT2D eigenvalue weighted by Crippen LogP contribution is -2.54. The molecule has 3 aromatic carbocycles. The molecule has 3 aromatic rings. The van der Waals surface area contributed by atoms with Gasteiger partial charge in [0.1, 0.15) is 0 Å². The minimum atomic E-state index is -5.01. The van der Waals surface area contributed by atoms with Gasteiger partial charge in [-0.2, -0.15) is 26.3 Å². The van der Waals surface area contributed by atoms with Crippen molar-refractivity contribution < 1.29 is 50.9 Å². The molecular formula is C28H24F6N2O5. The van der Waals surface area contributed by atoms with Gasteiger partial charge in [-0.15, -0.1) is 0 Å². The SMILES string of the molecule is O=C(O)C=CC(=O)O.O=C(c1cc(C(F)(F)F)cc(C(F)(F)F)c1)N1CCNC[C@H]1Cc1ccc2ccccc2c1. The van der Waals surface area contributed by atoms with Crippen LogP contribution in [0.5, 0.6) is 0 Å². The predicted octanol–water partition coefficient (Wildman–Crippen LogP) is 5.25. The number of nitrogens with one attached hydrogen (secondary N) is 1. The first kappa shape index (κ1) is 31.1. The molecule has 1 fully saturated rings. The van der Waals surface area contributed by atoms with E-state index < -0.39 is 52.9 Å². The van der Waals surface area contributed by atoms with Gasteiger partial charge in [0.25, 0.3) is 5.91 Å². The van der Waals surface area contributed by atoms with Gasteiger partial charge in [-0.3, -0.25) is 4.79 Å². The lowest BCUT2D eigenvalue weighted by atomic mass is 9.98. The Hall–Kier alpha value is -4.39. The van der Waals surface area contributed by atoms with Gasteiger partial charge in [0, 0.05) is 43.4 Å². The zero-order valence-corrected chi connectivity index (χ0v) is 21.2. The fourth-order valence-electron chi connectivity index (χ4n) is 4.24. The van der Waals surface area contributed by atoms with Crippen LogP contribution in [0.4, 0.5) is 26.3 Å². The molecule has 3 N–H and O–H groups in total. The van der Waals surface area contributed by atoms with Crippen LogP contribution in [-0.4, -0.2) is 58.6 Å². The summed E-state index contributed by atoms with van der Waals surface area (Å²) in [4.78, 5) is 33.6. The van der Waals surface area contributed by atoms with E-state index in [1.54, 1.807) is 0 Å². The first-order valence-corrected chi connectivity index (χ1v) is 12.1. The Balaban J connectivity index is 0.000000507. The van der Waals surface area contributed by atoms with Crippen LogP contribution in [0.1, 0.15) is 27.0 Å². The molecule has 41 heavy (non-hydrogen) atoms. The van der Waals surface area contributed by atoms with E-state index >= 15 is 0 Å². The number of carboxylic acids is 2. The van der Waals surface area contributed by atoms with Gasteiger partial charge in [0.2, 0.25) is 0 Å². The van der Waals surface area contributed by atoms with Crippen molar-refractivity contribution in [3.05, 3.63) is 95.1 Å². The summed E-state index contributed by atoms with van der Waals surface area (Å²) in [5, 5.41) is 20.8. The van der Waals surface area contributed by atoms with E-state index in [-0.39, 0.29) is 12.6 Å². The first-order chi connectivity index (χ1) is 19.1. The molecule has 1 heterocycles. The standard InChI is InChI=1S/C24H20F6N2O.C4H4O4/c25-23(26,27)19-11-18(12-20(13-19)24(28,29)30)22(33)32-8-7-31-14-21(32)10-15-5-6-16-3-1-2-4-17(16)9-15;5-3(6)1-2-4(7)8/h1-6,9,11-13,21,31H,7-8,10,14H2;1-2H,(H,5,6)(H,7,8)/t21-;/m1./s1. The third-order valence-electron chi connectivity index (χ3n) is 6.10. The van der Waals surface area contributed by atoms with E-state index in [1.807, 2.05) is 42.5 Å². The van der Waals surface area contributed by atoms with Gasteiger partial charge in [0.05, 0.1) is 11.1 Å². The zero-order valence-electron chi connectivity index (χ0n) is 21.2. The summed E-state index contributed by atoms with van der Waals surface area (Å²) >= 11 is 0. The van der Waals surface area contributed by atoms with Crippen molar-refractivity contribution >= 4 is 28.6 Å². The number of benzene rings is 3. The van der Waals surface area contributed by atoms with Crippen LogP contribution in [0.25, 0.3) is 10.8 Å². The second-order valence-electron chi connectivity index (χ2n) is 9.05. The Morgan fingerprint density at radius 3 is 1.93 bits per heavy atom. The fourth-order valence-corrected chi connectivity index (χ4v) is 4.24. The van der Waals surface area contributed by atoms with Crippen molar-refractivity contribution in [1.82, 2.24) is 10.2 Å². The molecule has 1 atom stereocenters. The van der Waals surface area contributed by atoms with Crippen molar-refractivity contribution in [3.8, 4) is 0 Å². The minimum absolute atomic E-state index is 0.0289. The second kappa shape index (κ2) is 12.9. The Morgan fingerprint density at radius 1 is 0.829 bits per heavy atom. The van der Waals surface area contributed by atoms with Gasteiger partial charge in [0.15, 0.2) is 0 Å². The summed E-state index contributed by atoms with van der Waals surface area (Å²) in [5.74, 6) is -3.36. The molecule has 0 aromatic heterocycles. The van der Waals surface area contributed by atoms with Crippen LogP contribution in [-0.2, 0) is 28.4 Å². The summed E-state index contributed by atoms with van der Waals surface area (Å²) in [6.45, 7) is 0.948. The molecule has 0 unspecified atom stereocenters. The average Bonchev–Trinajstić information content (AvgIpc) is 2.91. The molecule has 0 saturated carbocycles. The summed E-state index contributed by atoms with van der Waals surface area (Å²) in [5.41, 5.74) is -2.70. The molecule has 13 heteroatoms. The molecule has 0 aliphatic carbocycles. The molecule has 218 valence electrons. The maximum Gasteiger partial charge on any atom is 0.416 e. The number of piperazine rings is 1. The van der Waals surface area contributed by atoms with Crippen LogP contribution in [0.2, 0.25) is 0 Å². The van der Waals surface area contributed by atoms with Gasteiger partial charge in [-0.1, -0.05) is 42.5 Å². The Bertz CT molecular complexity index is 1400. The fraction of sp³-hybridized carbons (Fsp3) is 0.250. The number of rotatable bonds is 5. The molecule has 1 aliphatic heterocycles. The second-order valence-corrected chi connectivity index (χ2v) is 9.05. The number of aliphatic carboxylic acids is 2. The summed E-state index contributed by atoms with van der Waals surface area (Å²) < 4.78 is 79.4. The summed E-state index contributed by atoms with van der Waals surface area (Å²) in [6, 6.07) is 14.1. The molecule has 1 saturated heterocycles. The van der Waals surface area contributed by atoms with E-state index in [1.165, 1.54) is 4.90 Å². The predicted molar refractivity (Wildman–Crippen MR) is 136 cm³/mol. The number of carboxylic acid groups (broad SMARTS) is 2. The number of fused-ring (bicyclic) bond motifs is 1. The quantitative estimate of drug-likeness (QED) is 0.281. The van der Waals surface area contributed by atoms with Gasteiger partial charge in [-0.25, -0.2) is 9.59 Å². The number of carbonyl (C=O) groups excluding carboxylic acids is 1. The van der Waals surface area contributed by atoms with Crippen LogP contribution in [0.3, 0.4) is 0 Å². The molecule has 0 spiro atoms. The summed E-state index contributed by atoms with van der Waals surface area (Å²) in [7, 11) is 0. The number of nitrogens with zero attached hydrogens (tertiary/aromatic N) is 1. The van der Waals surface area contributed by atoms with Crippen LogP contribution in [0.15, 0.2) is 72.8 Å². The molecule has 1 amide bonds. The molecule has 1 aliphatic rings. The number of alkyl halides is 6. The van der Waals surface area contributed by atoms with E-state index in [9.17, 15) is 40.7 Å². The molecule has 0 bridgehead atoms. The Kier molecular flexibility index (Phi) is 9.76. The Morgan fingerprint density at radius 2 is 1.39 bits per heavy atom. The van der Waals surface area contributed by atoms with Crippen molar-refractivity contribution in [2.45, 2.75) is 24.8 Å². The van der Waals surface area contributed by atoms with E-state index in [0.717, 1.165) is 16.3 Å². The number of hydrogen-bond acceptors (Lipinski definition) is 4. The van der Waals surface area contributed by atoms with Crippen molar-refractivity contribution in [1.29, 1.82) is 0 Å². The highest BCUT2D eigenvalue weighted by atomic mass is 19.4. The van der Waals surface area contributed by atoms with Gasteiger partial charge in [-0.05, 0) is 41.0 Å². The third kappa shape index (κ3) is 8.80. The summed E-state index contributed by atoms with van der Waals surface area (Å²) in [6.07, 6.45) is -8.49. The van der Waals surface area contributed by atoms with Crippen LogP contribution >= 0.6 is 0 Å². The zero-order chi connectivity index (χ0) is 30.4. The van der Waals surface area contributed by atoms with Crippen molar-refractivity contribution in [2.24, 2.45) is 0 Å². The monoisotopic (exact) mass is 582 g/mol. The minimum Gasteiger partial charge on any atom is -0.478 e. The first-order valence-electron chi connectivity index (χ1n) is 12.1. The number of halogens is 6. The van der Waals surface area contributed by atoms with Crippen LogP contribution < -0.4 is 5.32 Å². The highest BCUT2D eigenvalue weighted by Crippen LogP contribution is 2.36. The maximum atomic E-state index is 13.2. The average molecular weight is 582 g/mol. The largest absolute Gasteiger partial charge is 0.478 e. The van der Waals surface area contributed by atoms with E-state index in [2.05, 4.69) is 5.32 Å². The van der Waals surface area contributed by atoms with Crippen molar-refractivity contribution in [2.75, 3.05) is 19.6 Å². The van der Waals surface area contributed by atoms with Gasteiger partial charge < -0.3 is 20.4 Å². The molecule has 0 radical (unpaired) electrons. The number of carbonyl (C=O) groups is 3. The lowest BCUT2D eigenvalue weighted by molar-refractivity contribution is -0.143. The topological polar surface area (TPSA) is 107 Å². The molecule has 7 nitrogen and oxygen atoms in total. The maximum absolute atomic E-state index is 13.2. The van der Waals surface area contributed by atoms with Crippen molar-refractivity contribution in [3.63, 3.8) is 0 Å². The Labute approximate surface area is 229 Å². The number of amides is 1. The van der Waals surface area contributed by atoms with Gasteiger partial charge >= 0.3 is 24.3 Å². The normalized spacial score (nSPS) is 15.9. The number of hydrogen-bond donors (Lipinski definition) is 3. The smallest absolute Gasteiger partial charge is 0.416 e. The van der Waals surface area contributed by atoms with E-state index in [4.69, 9.17) is 10.2 Å². The highest BCUT2D eigenvalue weighted by molar-refractivity contribution is 5.95. The lowest BCUT2D eigenvalue weighted by Gasteiger charge is -2.36. The highest BCUT2D eigenvalue weighted by Gasteiger charge is 2.38. The van der Waals surface area contributed by atoms with Crippen LogP contribution in [0, 0.1) is 0 Å². The third-order valence-corrected chi connectivity index (χ3v) is 6.10. The van der Waals surface area contributed by atoms with E-state index in [0.29, 0.717) is 43.8 Å². The molecule has 4 rings (SSSR count).